The second-order valence-corrected chi connectivity index (χ2v) is 7.94. The summed E-state index contributed by atoms with van der Waals surface area (Å²) in [4.78, 5) is 3.91. The molecule has 0 spiro atoms. The van der Waals surface area contributed by atoms with Gasteiger partial charge in [-0.3, -0.25) is 0 Å². The van der Waals surface area contributed by atoms with Gasteiger partial charge in [0.25, 0.3) is 0 Å². The molecule has 1 aromatic heterocycles. The zero-order valence-corrected chi connectivity index (χ0v) is 13.9. The molecule has 112 valence electrons. The van der Waals surface area contributed by atoms with E-state index in [1.165, 1.54) is 31.5 Å². The minimum Gasteiger partial charge on any atom is -0.383 e. The van der Waals surface area contributed by atoms with Crippen LogP contribution in [0.2, 0.25) is 0 Å². The first-order valence-corrected chi connectivity index (χ1v) is 9.11. The SMILES string of the molecule is CC(NS(=O)(=O)c1cc(Br)cnc1N)C1CCCCC1. The summed E-state index contributed by atoms with van der Waals surface area (Å²) < 4.78 is 28.1. The van der Waals surface area contributed by atoms with Gasteiger partial charge in [-0.1, -0.05) is 19.3 Å². The first kappa shape index (κ1) is 15.7. The maximum Gasteiger partial charge on any atom is 0.244 e. The number of halogens is 1. The number of hydrogen-bond acceptors (Lipinski definition) is 4. The summed E-state index contributed by atoms with van der Waals surface area (Å²) in [5.41, 5.74) is 5.68. The van der Waals surface area contributed by atoms with Crippen molar-refractivity contribution in [2.45, 2.75) is 50.0 Å². The molecule has 5 nitrogen and oxygen atoms in total. The lowest BCUT2D eigenvalue weighted by atomic mass is 9.85. The van der Waals surface area contributed by atoms with Crippen LogP contribution in [0.5, 0.6) is 0 Å². The zero-order chi connectivity index (χ0) is 14.8. The number of anilines is 1. The number of nitrogens with one attached hydrogen (secondary N) is 1. The van der Waals surface area contributed by atoms with Crippen molar-refractivity contribution in [1.29, 1.82) is 0 Å². The van der Waals surface area contributed by atoms with E-state index < -0.39 is 10.0 Å². The fourth-order valence-electron chi connectivity index (χ4n) is 2.69. The molecule has 7 heteroatoms. The minimum atomic E-state index is -3.63. The van der Waals surface area contributed by atoms with Gasteiger partial charge in [0.1, 0.15) is 10.7 Å². The smallest absolute Gasteiger partial charge is 0.244 e. The lowest BCUT2D eigenvalue weighted by Crippen LogP contribution is -2.39. The van der Waals surface area contributed by atoms with E-state index in [1.807, 2.05) is 6.92 Å². The Morgan fingerprint density at radius 3 is 2.70 bits per heavy atom. The Hall–Kier alpha value is -0.660. The van der Waals surface area contributed by atoms with Crippen LogP contribution < -0.4 is 10.5 Å². The van der Waals surface area contributed by atoms with Crippen molar-refractivity contribution >= 4 is 31.8 Å². The van der Waals surface area contributed by atoms with Crippen molar-refractivity contribution in [2.75, 3.05) is 5.73 Å². The number of sulfonamides is 1. The molecule has 1 fully saturated rings. The maximum atomic E-state index is 12.4. The van der Waals surface area contributed by atoms with Crippen molar-refractivity contribution in [3.63, 3.8) is 0 Å². The van der Waals surface area contributed by atoms with Crippen LogP contribution in [0.3, 0.4) is 0 Å². The highest BCUT2D eigenvalue weighted by Crippen LogP contribution is 2.28. The summed E-state index contributed by atoms with van der Waals surface area (Å²) in [6.07, 6.45) is 7.25. The fraction of sp³-hybridized carbons (Fsp3) is 0.615. The van der Waals surface area contributed by atoms with Crippen LogP contribution in [0.15, 0.2) is 21.6 Å². The highest BCUT2D eigenvalue weighted by Gasteiger charge is 2.26. The predicted molar refractivity (Wildman–Crippen MR) is 82.7 cm³/mol. The molecule has 1 heterocycles. The van der Waals surface area contributed by atoms with Gasteiger partial charge in [-0.2, -0.15) is 0 Å². The lowest BCUT2D eigenvalue weighted by molar-refractivity contribution is 0.303. The minimum absolute atomic E-state index is 0.0246. The van der Waals surface area contributed by atoms with Gasteiger partial charge in [-0.15, -0.1) is 0 Å². The highest BCUT2D eigenvalue weighted by molar-refractivity contribution is 9.10. The molecule has 0 aromatic carbocycles. The van der Waals surface area contributed by atoms with Crippen molar-refractivity contribution in [3.8, 4) is 0 Å². The molecule has 1 aliphatic rings. The average Bonchev–Trinajstić information content (AvgIpc) is 2.42. The second kappa shape index (κ2) is 6.41. The van der Waals surface area contributed by atoms with E-state index in [1.54, 1.807) is 0 Å². The van der Waals surface area contributed by atoms with E-state index in [9.17, 15) is 8.42 Å². The first-order chi connectivity index (χ1) is 9.40. The van der Waals surface area contributed by atoms with Crippen LogP contribution in [-0.4, -0.2) is 19.4 Å². The molecule has 0 bridgehead atoms. The zero-order valence-electron chi connectivity index (χ0n) is 11.5. The Labute approximate surface area is 128 Å². The Kier molecular flexibility index (Phi) is 5.04. The Morgan fingerprint density at radius 1 is 1.40 bits per heavy atom. The second-order valence-electron chi connectivity index (χ2n) is 5.34. The Morgan fingerprint density at radius 2 is 2.05 bits per heavy atom. The highest BCUT2D eigenvalue weighted by atomic mass is 79.9. The monoisotopic (exact) mass is 361 g/mol. The van der Waals surface area contributed by atoms with Crippen molar-refractivity contribution in [3.05, 3.63) is 16.7 Å². The molecule has 0 amide bonds. The summed E-state index contributed by atoms with van der Waals surface area (Å²) in [6, 6.07) is 1.40. The van der Waals surface area contributed by atoms with Crippen LogP contribution in [0.25, 0.3) is 0 Å². The first-order valence-electron chi connectivity index (χ1n) is 6.83. The fourth-order valence-corrected chi connectivity index (χ4v) is 4.59. The lowest BCUT2D eigenvalue weighted by Gasteiger charge is -2.28. The molecular formula is C13H20BrN3O2S. The summed E-state index contributed by atoms with van der Waals surface area (Å²) in [7, 11) is -3.63. The molecule has 1 unspecified atom stereocenters. The van der Waals surface area contributed by atoms with Crippen LogP contribution in [0, 0.1) is 5.92 Å². The van der Waals surface area contributed by atoms with E-state index in [0.717, 1.165) is 12.8 Å². The number of nitrogens with two attached hydrogens (primary N) is 1. The number of nitrogens with zero attached hydrogens (tertiary/aromatic N) is 1. The number of aromatic nitrogens is 1. The molecule has 1 aliphatic carbocycles. The molecule has 2 rings (SSSR count). The summed E-state index contributed by atoms with van der Waals surface area (Å²) in [5, 5.41) is 0. The summed E-state index contributed by atoms with van der Waals surface area (Å²) in [5.74, 6) is 0.427. The summed E-state index contributed by atoms with van der Waals surface area (Å²) in [6.45, 7) is 1.93. The van der Waals surface area contributed by atoms with Gasteiger partial charge in [-0.05, 0) is 47.7 Å². The molecule has 3 N–H and O–H groups in total. The van der Waals surface area contributed by atoms with Crippen LogP contribution in [-0.2, 0) is 10.0 Å². The average molecular weight is 362 g/mol. The van der Waals surface area contributed by atoms with Gasteiger partial charge in [0.2, 0.25) is 10.0 Å². The van der Waals surface area contributed by atoms with E-state index in [4.69, 9.17) is 5.73 Å². The van der Waals surface area contributed by atoms with Gasteiger partial charge < -0.3 is 5.73 Å². The molecule has 1 saturated carbocycles. The predicted octanol–water partition coefficient (Wildman–Crippen LogP) is 2.67. The summed E-state index contributed by atoms with van der Waals surface area (Å²) >= 11 is 3.22. The van der Waals surface area contributed by atoms with Crippen LogP contribution in [0.1, 0.15) is 39.0 Å². The molecule has 0 saturated heterocycles. The van der Waals surface area contributed by atoms with E-state index in [-0.39, 0.29) is 16.8 Å². The van der Waals surface area contributed by atoms with Gasteiger partial charge in [-0.25, -0.2) is 18.1 Å². The third-order valence-electron chi connectivity index (χ3n) is 3.84. The third-order valence-corrected chi connectivity index (χ3v) is 5.86. The topological polar surface area (TPSA) is 85.1 Å². The van der Waals surface area contributed by atoms with E-state index in [2.05, 4.69) is 25.6 Å². The quantitative estimate of drug-likeness (QED) is 0.862. The number of rotatable bonds is 4. The van der Waals surface area contributed by atoms with Crippen LogP contribution in [0.4, 0.5) is 5.82 Å². The van der Waals surface area contributed by atoms with E-state index in [0.29, 0.717) is 10.4 Å². The Balaban J connectivity index is 2.16. The van der Waals surface area contributed by atoms with Gasteiger partial charge in [0, 0.05) is 16.7 Å². The molecule has 20 heavy (non-hydrogen) atoms. The van der Waals surface area contributed by atoms with Crippen molar-refractivity contribution in [1.82, 2.24) is 9.71 Å². The number of pyridine rings is 1. The number of nitrogen functional groups attached to an aromatic ring is 1. The number of hydrogen-bond donors (Lipinski definition) is 2. The molecule has 0 aliphatic heterocycles. The van der Waals surface area contributed by atoms with Gasteiger partial charge in [0.05, 0.1) is 0 Å². The molecule has 1 aromatic rings. The van der Waals surface area contributed by atoms with Crippen molar-refractivity contribution < 1.29 is 8.42 Å². The molecular weight excluding hydrogens is 342 g/mol. The third kappa shape index (κ3) is 3.71. The largest absolute Gasteiger partial charge is 0.383 e. The van der Waals surface area contributed by atoms with Gasteiger partial charge in [0.15, 0.2) is 0 Å². The maximum absolute atomic E-state index is 12.4. The van der Waals surface area contributed by atoms with E-state index >= 15 is 0 Å². The molecule has 1 atom stereocenters. The molecule has 0 radical (unpaired) electrons. The Bertz CT molecular complexity index is 571. The standard InChI is InChI=1S/C13H20BrN3O2S/c1-9(10-5-3-2-4-6-10)17-20(18,19)12-7-11(14)8-16-13(12)15/h7-10,17H,2-6H2,1H3,(H2,15,16). The van der Waals surface area contributed by atoms with Crippen molar-refractivity contribution in [2.24, 2.45) is 5.92 Å². The van der Waals surface area contributed by atoms with Gasteiger partial charge >= 0.3 is 0 Å². The van der Waals surface area contributed by atoms with Crippen LogP contribution >= 0.6 is 15.9 Å². The normalized spacial score (nSPS) is 18.9.